The van der Waals surface area contributed by atoms with Gasteiger partial charge in [-0.25, -0.2) is 4.79 Å². The van der Waals surface area contributed by atoms with E-state index in [0.717, 1.165) is 6.42 Å². The molecule has 5 heteroatoms. The van der Waals surface area contributed by atoms with Crippen LogP contribution < -0.4 is 5.32 Å². The van der Waals surface area contributed by atoms with Gasteiger partial charge in [-0.1, -0.05) is 6.58 Å². The average molecular weight is 255 g/mol. The normalized spacial score (nSPS) is 23.5. The van der Waals surface area contributed by atoms with Crippen molar-refractivity contribution in [2.75, 3.05) is 6.54 Å². The van der Waals surface area contributed by atoms with Gasteiger partial charge in [-0.15, -0.1) is 0 Å². The average Bonchev–Trinajstić information content (AvgIpc) is 2.71. The van der Waals surface area contributed by atoms with E-state index >= 15 is 0 Å². The van der Waals surface area contributed by atoms with Crippen LogP contribution in [0, 0.1) is 0 Å². The Morgan fingerprint density at radius 1 is 1.44 bits per heavy atom. The summed E-state index contributed by atoms with van der Waals surface area (Å²) in [5.41, 5.74) is -0.512. The minimum atomic E-state index is -0.512. The molecule has 0 bridgehead atoms. The van der Waals surface area contributed by atoms with Crippen LogP contribution >= 0.6 is 0 Å². The Morgan fingerprint density at radius 3 is 2.67 bits per heavy atom. The maximum Gasteiger partial charge on any atom is 0.407 e. The van der Waals surface area contributed by atoms with Crippen molar-refractivity contribution in [1.82, 2.24) is 5.32 Å². The maximum absolute atomic E-state index is 11.4. The van der Waals surface area contributed by atoms with Crippen LogP contribution in [0.5, 0.6) is 0 Å². The summed E-state index contributed by atoms with van der Waals surface area (Å²) in [7, 11) is 0. The van der Waals surface area contributed by atoms with Crippen LogP contribution in [0.4, 0.5) is 4.79 Å². The highest BCUT2D eigenvalue weighted by molar-refractivity contribution is 5.93. The number of carbonyl (C=O) groups excluding carboxylic acids is 2. The molecular weight excluding hydrogens is 234 g/mol. The van der Waals surface area contributed by atoms with Crippen molar-refractivity contribution in [3.63, 3.8) is 0 Å². The quantitative estimate of drug-likeness (QED) is 0.778. The Hall–Kier alpha value is -1.36. The van der Waals surface area contributed by atoms with E-state index in [0.29, 0.717) is 13.0 Å². The molecule has 1 heterocycles. The number of alkyl carbamates (subject to hydrolysis) is 1. The predicted molar refractivity (Wildman–Crippen MR) is 67.3 cm³/mol. The van der Waals surface area contributed by atoms with Crippen molar-refractivity contribution in [2.45, 2.75) is 51.4 Å². The summed E-state index contributed by atoms with van der Waals surface area (Å²) < 4.78 is 10.6. The van der Waals surface area contributed by atoms with E-state index in [-0.39, 0.29) is 11.9 Å². The van der Waals surface area contributed by atoms with E-state index in [9.17, 15) is 9.59 Å². The zero-order valence-corrected chi connectivity index (χ0v) is 11.2. The second-order valence-corrected chi connectivity index (χ2v) is 5.31. The van der Waals surface area contributed by atoms with E-state index in [1.807, 2.05) is 0 Å². The Kier molecular flexibility index (Phi) is 4.90. The molecule has 0 saturated carbocycles. The molecule has 0 aromatic rings. The summed E-state index contributed by atoms with van der Waals surface area (Å²) in [5, 5.41) is 2.64. The van der Waals surface area contributed by atoms with Crippen LogP contribution in [-0.2, 0) is 14.3 Å². The van der Waals surface area contributed by atoms with Crippen LogP contribution in [0.25, 0.3) is 0 Å². The molecule has 0 aliphatic carbocycles. The maximum atomic E-state index is 11.4. The fourth-order valence-corrected chi connectivity index (χ4v) is 1.71. The molecule has 1 aliphatic heterocycles. The lowest BCUT2D eigenvalue weighted by Crippen LogP contribution is -2.37. The molecule has 2 atom stereocenters. The Balaban J connectivity index is 2.28. The second-order valence-electron chi connectivity index (χ2n) is 5.31. The van der Waals surface area contributed by atoms with Crippen molar-refractivity contribution < 1.29 is 19.1 Å². The van der Waals surface area contributed by atoms with Crippen molar-refractivity contribution >= 4 is 11.9 Å². The zero-order chi connectivity index (χ0) is 13.8. The van der Waals surface area contributed by atoms with Crippen LogP contribution in [0.3, 0.4) is 0 Å². The monoisotopic (exact) mass is 255 g/mol. The first-order valence-electron chi connectivity index (χ1n) is 6.10. The zero-order valence-electron chi connectivity index (χ0n) is 11.2. The fraction of sp³-hybridized carbons (Fsp3) is 0.692. The van der Waals surface area contributed by atoms with Crippen LogP contribution in [-0.4, -0.2) is 36.2 Å². The number of rotatable bonds is 4. The van der Waals surface area contributed by atoms with E-state index < -0.39 is 17.8 Å². The Bertz CT molecular complexity index is 332. The Labute approximate surface area is 108 Å². The Morgan fingerprint density at radius 2 is 2.11 bits per heavy atom. The minimum absolute atomic E-state index is 0.102. The molecule has 1 fully saturated rings. The molecule has 0 aromatic heterocycles. The second kappa shape index (κ2) is 6.00. The number of ketones is 1. The summed E-state index contributed by atoms with van der Waals surface area (Å²) in [6, 6.07) is 0. The molecule has 2 unspecified atom stereocenters. The summed E-state index contributed by atoms with van der Waals surface area (Å²) in [5.74, 6) is -0.102. The molecular formula is C13H21NO4. The van der Waals surface area contributed by atoms with Gasteiger partial charge in [0.2, 0.25) is 0 Å². The molecule has 18 heavy (non-hydrogen) atoms. The van der Waals surface area contributed by atoms with E-state index in [1.54, 1.807) is 20.8 Å². The number of nitrogens with one attached hydrogen (secondary N) is 1. The fourth-order valence-electron chi connectivity index (χ4n) is 1.71. The lowest BCUT2D eigenvalue weighted by atomic mass is 10.1. The van der Waals surface area contributed by atoms with Crippen molar-refractivity contribution in [2.24, 2.45) is 0 Å². The topological polar surface area (TPSA) is 64.6 Å². The van der Waals surface area contributed by atoms with Gasteiger partial charge in [0.15, 0.2) is 5.78 Å². The van der Waals surface area contributed by atoms with E-state index in [2.05, 4.69) is 11.9 Å². The third-order valence-electron chi connectivity index (χ3n) is 2.50. The summed E-state index contributed by atoms with van der Waals surface area (Å²) in [4.78, 5) is 22.7. The van der Waals surface area contributed by atoms with Gasteiger partial charge in [0.05, 0.1) is 6.10 Å². The number of amides is 1. The van der Waals surface area contributed by atoms with Crippen LogP contribution in [0.15, 0.2) is 12.7 Å². The van der Waals surface area contributed by atoms with Crippen LogP contribution in [0.1, 0.15) is 33.6 Å². The van der Waals surface area contributed by atoms with Gasteiger partial charge in [-0.05, 0) is 39.7 Å². The first-order chi connectivity index (χ1) is 8.31. The molecule has 102 valence electrons. The molecule has 0 spiro atoms. The smallest absolute Gasteiger partial charge is 0.407 e. The summed E-state index contributed by atoms with van der Waals surface area (Å²) in [6.07, 6.45) is 1.68. The van der Waals surface area contributed by atoms with Gasteiger partial charge >= 0.3 is 6.09 Å². The van der Waals surface area contributed by atoms with Gasteiger partial charge in [0, 0.05) is 6.54 Å². The third kappa shape index (κ3) is 4.87. The molecule has 1 saturated heterocycles. The van der Waals surface area contributed by atoms with Gasteiger partial charge in [0.1, 0.15) is 11.7 Å². The number of ether oxygens (including phenoxy) is 2. The van der Waals surface area contributed by atoms with Gasteiger partial charge in [-0.3, -0.25) is 4.79 Å². The molecule has 1 amide bonds. The summed E-state index contributed by atoms with van der Waals surface area (Å²) in [6.45, 7) is 9.19. The van der Waals surface area contributed by atoms with Gasteiger partial charge < -0.3 is 14.8 Å². The predicted octanol–water partition coefficient (Wildman–Crippen LogP) is 1.81. The lowest BCUT2D eigenvalue weighted by Gasteiger charge is -2.20. The van der Waals surface area contributed by atoms with Crippen molar-refractivity contribution in [3.05, 3.63) is 12.7 Å². The first-order valence-corrected chi connectivity index (χ1v) is 6.10. The minimum Gasteiger partial charge on any atom is -0.444 e. The highest BCUT2D eigenvalue weighted by Gasteiger charge is 2.29. The number of hydrogen-bond acceptors (Lipinski definition) is 4. The molecule has 0 aromatic carbocycles. The molecule has 1 rings (SSSR count). The number of carbonyl (C=O) groups is 2. The van der Waals surface area contributed by atoms with E-state index in [1.165, 1.54) is 6.08 Å². The highest BCUT2D eigenvalue weighted by Crippen LogP contribution is 2.20. The highest BCUT2D eigenvalue weighted by atomic mass is 16.6. The largest absolute Gasteiger partial charge is 0.444 e. The standard InChI is InChI=1S/C13H21NO4/c1-5-10(15)11-7-6-9(17-11)8-14-12(16)18-13(2,3)4/h5,9,11H,1,6-8H2,2-4H3,(H,14,16). The first kappa shape index (κ1) is 14.7. The SMILES string of the molecule is C=CC(=O)C1CCC(CNC(=O)OC(C)(C)C)O1. The van der Waals surface area contributed by atoms with Crippen molar-refractivity contribution in [1.29, 1.82) is 0 Å². The van der Waals surface area contributed by atoms with E-state index in [4.69, 9.17) is 9.47 Å². The van der Waals surface area contributed by atoms with Crippen LogP contribution in [0.2, 0.25) is 0 Å². The molecule has 0 radical (unpaired) electrons. The van der Waals surface area contributed by atoms with Gasteiger partial charge in [0.25, 0.3) is 0 Å². The molecule has 5 nitrogen and oxygen atoms in total. The van der Waals surface area contributed by atoms with Gasteiger partial charge in [-0.2, -0.15) is 0 Å². The molecule has 1 N–H and O–H groups in total. The molecule has 1 aliphatic rings. The lowest BCUT2D eigenvalue weighted by molar-refractivity contribution is -0.124. The summed E-state index contributed by atoms with van der Waals surface area (Å²) >= 11 is 0. The van der Waals surface area contributed by atoms with Crippen molar-refractivity contribution in [3.8, 4) is 0 Å². The number of hydrogen-bond donors (Lipinski definition) is 1. The third-order valence-corrected chi connectivity index (χ3v) is 2.50.